The smallest absolute Gasteiger partial charge is 0.269 e. The van der Waals surface area contributed by atoms with Crippen LogP contribution in [0, 0.1) is 10.1 Å². The van der Waals surface area contributed by atoms with Crippen molar-refractivity contribution < 1.29 is 28.1 Å². The molecule has 10 heteroatoms. The van der Waals surface area contributed by atoms with Crippen LogP contribution in [-0.4, -0.2) is 43.8 Å². The van der Waals surface area contributed by atoms with E-state index in [1.54, 1.807) is 75.4 Å². The zero-order valence-corrected chi connectivity index (χ0v) is 21.1. The van der Waals surface area contributed by atoms with Crippen LogP contribution in [0.3, 0.4) is 0 Å². The quantitative estimate of drug-likeness (QED) is 0.196. The van der Waals surface area contributed by atoms with Crippen molar-refractivity contribution in [1.82, 2.24) is 0 Å². The van der Waals surface area contributed by atoms with Crippen LogP contribution in [0.15, 0.2) is 65.0 Å². The van der Waals surface area contributed by atoms with Crippen LogP contribution in [0.1, 0.15) is 16.7 Å². The van der Waals surface area contributed by atoms with Gasteiger partial charge in [-0.3, -0.25) is 19.3 Å². The molecule has 0 saturated heterocycles. The lowest BCUT2D eigenvalue weighted by Crippen LogP contribution is -1.96. The van der Waals surface area contributed by atoms with Gasteiger partial charge in [-0.15, -0.1) is 0 Å². The van der Waals surface area contributed by atoms with Crippen molar-refractivity contribution in [3.8, 4) is 23.0 Å². The van der Waals surface area contributed by atoms with Crippen LogP contribution in [0.5, 0.6) is 23.0 Å². The van der Waals surface area contributed by atoms with Crippen LogP contribution < -0.4 is 18.9 Å². The summed E-state index contributed by atoms with van der Waals surface area (Å²) in [4.78, 5) is 14.8. The zero-order chi connectivity index (χ0) is 26.1. The highest BCUT2D eigenvalue weighted by Crippen LogP contribution is 2.35. The fourth-order valence-corrected chi connectivity index (χ4v) is 4.20. The molecule has 0 bridgehead atoms. The lowest BCUT2D eigenvalue weighted by Gasteiger charge is -2.12. The highest BCUT2D eigenvalue weighted by Gasteiger charge is 2.12. The summed E-state index contributed by atoms with van der Waals surface area (Å²) in [6.45, 7) is 0. The van der Waals surface area contributed by atoms with Crippen molar-refractivity contribution in [2.45, 2.75) is 5.75 Å². The van der Waals surface area contributed by atoms with E-state index in [9.17, 15) is 14.3 Å². The minimum atomic E-state index is -1.34. The van der Waals surface area contributed by atoms with Gasteiger partial charge in [0.05, 0.1) is 55.5 Å². The molecule has 0 fully saturated rings. The van der Waals surface area contributed by atoms with Crippen molar-refractivity contribution in [3.05, 3.63) is 86.8 Å². The molecule has 3 aromatic carbocycles. The Morgan fingerprint density at radius 3 is 2.08 bits per heavy atom. The summed E-state index contributed by atoms with van der Waals surface area (Å²) in [5.74, 6) is 2.45. The summed E-state index contributed by atoms with van der Waals surface area (Å²) in [6, 6.07) is 14.9. The molecule has 0 N–H and O–H groups in total. The number of hydrogen-bond acceptors (Lipinski definition) is 8. The summed E-state index contributed by atoms with van der Waals surface area (Å²) >= 11 is 0. The van der Waals surface area contributed by atoms with Gasteiger partial charge in [0.1, 0.15) is 28.7 Å². The number of hydrogen-bond donors (Lipinski definition) is 0. The van der Waals surface area contributed by atoms with Crippen molar-refractivity contribution in [3.63, 3.8) is 0 Å². The van der Waals surface area contributed by atoms with Gasteiger partial charge in [0.25, 0.3) is 5.69 Å². The third-order valence-electron chi connectivity index (χ3n) is 5.15. The molecule has 0 amide bonds. The Labute approximate surface area is 211 Å². The van der Waals surface area contributed by atoms with Crippen LogP contribution in [-0.2, 0) is 16.6 Å². The number of rotatable bonds is 11. The van der Waals surface area contributed by atoms with Gasteiger partial charge in [0.15, 0.2) is 0 Å². The third kappa shape index (κ3) is 6.70. The number of nitro benzene ring substituents is 1. The molecule has 3 aromatic rings. The molecule has 9 nitrogen and oxygen atoms in total. The first-order chi connectivity index (χ1) is 17.4. The minimum Gasteiger partial charge on any atom is -0.496 e. The number of non-ortho nitro benzene ring substituents is 1. The Morgan fingerprint density at radius 2 is 1.53 bits per heavy atom. The van der Waals surface area contributed by atoms with Crippen molar-refractivity contribution in [2.75, 3.05) is 28.4 Å². The molecule has 0 heterocycles. The average molecular weight is 511 g/mol. The second-order valence-electron chi connectivity index (χ2n) is 7.39. The molecular weight excluding hydrogens is 484 g/mol. The topological polar surface area (TPSA) is 109 Å². The third-order valence-corrected chi connectivity index (χ3v) is 6.21. The van der Waals surface area contributed by atoms with Gasteiger partial charge in [-0.25, -0.2) is 0 Å². The largest absolute Gasteiger partial charge is 0.496 e. The van der Waals surface area contributed by atoms with Crippen LogP contribution in [0.2, 0.25) is 0 Å². The predicted molar refractivity (Wildman–Crippen MR) is 140 cm³/mol. The van der Waals surface area contributed by atoms with Gasteiger partial charge in [0, 0.05) is 35.9 Å². The summed E-state index contributed by atoms with van der Waals surface area (Å²) in [5.41, 5.74) is 2.70. The molecule has 0 aliphatic rings. The number of nitrogens with zero attached hydrogens (tertiary/aromatic N) is 2. The predicted octanol–water partition coefficient (Wildman–Crippen LogP) is 5.30. The van der Waals surface area contributed by atoms with E-state index >= 15 is 0 Å². The first kappa shape index (κ1) is 26.4. The molecular formula is C26H26N2O7S. The maximum absolute atomic E-state index is 12.8. The first-order valence-corrected chi connectivity index (χ1v) is 12.1. The number of nitro groups is 1. The van der Waals surface area contributed by atoms with E-state index < -0.39 is 15.7 Å². The number of ether oxygens (including phenoxy) is 4. The minimum absolute atomic E-state index is 0.00661. The van der Waals surface area contributed by atoms with Crippen molar-refractivity contribution in [1.29, 1.82) is 0 Å². The van der Waals surface area contributed by atoms with E-state index in [1.165, 1.54) is 19.2 Å². The lowest BCUT2D eigenvalue weighted by atomic mass is 10.1. The standard InChI is InChI=1S/C26H26N2O7S/c1-32-21-14-25(34-3)22(26(15-21)35-4)11-12-36(31)17-19-7-10-24(33-2)23(13-19)27-16-18-5-8-20(9-6-18)28(29)30/h5-16H,17H2,1-4H3/b12-11+,27-16?. The van der Waals surface area contributed by atoms with Gasteiger partial charge < -0.3 is 18.9 Å². The monoisotopic (exact) mass is 510 g/mol. The molecule has 0 saturated carbocycles. The normalized spacial score (nSPS) is 12.0. The van der Waals surface area contributed by atoms with Crippen LogP contribution in [0.4, 0.5) is 11.4 Å². The maximum Gasteiger partial charge on any atom is 0.269 e. The van der Waals surface area contributed by atoms with E-state index in [2.05, 4.69) is 4.99 Å². The van der Waals surface area contributed by atoms with Gasteiger partial charge in [0.2, 0.25) is 0 Å². The first-order valence-electron chi connectivity index (χ1n) is 10.7. The van der Waals surface area contributed by atoms with Crippen LogP contribution in [0.25, 0.3) is 6.08 Å². The summed E-state index contributed by atoms with van der Waals surface area (Å²) in [7, 11) is 4.83. The average Bonchev–Trinajstić information content (AvgIpc) is 2.90. The van der Waals surface area contributed by atoms with E-state index in [0.717, 1.165) is 5.56 Å². The summed E-state index contributed by atoms with van der Waals surface area (Å²) in [6.07, 6.45) is 3.29. The fourth-order valence-electron chi connectivity index (χ4n) is 3.31. The highest BCUT2D eigenvalue weighted by molar-refractivity contribution is 7.87. The zero-order valence-electron chi connectivity index (χ0n) is 20.3. The second kappa shape index (κ2) is 12.5. The van der Waals surface area contributed by atoms with E-state index in [0.29, 0.717) is 39.8 Å². The van der Waals surface area contributed by atoms with Crippen LogP contribution >= 0.6 is 0 Å². The molecule has 0 radical (unpaired) electrons. The molecule has 36 heavy (non-hydrogen) atoms. The number of methoxy groups -OCH3 is 4. The fraction of sp³-hybridized carbons (Fsp3) is 0.192. The molecule has 1 atom stereocenters. The van der Waals surface area contributed by atoms with Crippen molar-refractivity contribution in [2.24, 2.45) is 4.99 Å². The van der Waals surface area contributed by atoms with Gasteiger partial charge in [-0.1, -0.05) is 6.07 Å². The van der Waals surface area contributed by atoms with Gasteiger partial charge in [-0.2, -0.15) is 0 Å². The molecule has 0 spiro atoms. The van der Waals surface area contributed by atoms with Crippen molar-refractivity contribution >= 4 is 34.5 Å². The molecule has 188 valence electrons. The lowest BCUT2D eigenvalue weighted by molar-refractivity contribution is -0.384. The maximum atomic E-state index is 12.8. The molecule has 0 aromatic heterocycles. The Bertz CT molecular complexity index is 1280. The van der Waals surface area contributed by atoms with Gasteiger partial charge >= 0.3 is 0 Å². The Hall–Kier alpha value is -4.18. The molecule has 1 unspecified atom stereocenters. The second-order valence-corrected chi connectivity index (χ2v) is 8.71. The summed E-state index contributed by atoms with van der Waals surface area (Å²) in [5, 5.41) is 12.4. The Kier molecular flexibility index (Phi) is 9.18. The summed E-state index contributed by atoms with van der Waals surface area (Å²) < 4.78 is 34.3. The number of benzene rings is 3. The highest BCUT2D eigenvalue weighted by atomic mass is 32.2. The molecule has 0 aliphatic carbocycles. The van der Waals surface area contributed by atoms with E-state index in [4.69, 9.17) is 18.9 Å². The molecule has 3 rings (SSSR count). The number of aliphatic imine (C=N–C) groups is 1. The molecule has 0 aliphatic heterocycles. The van der Waals surface area contributed by atoms with Gasteiger partial charge in [-0.05, 0) is 41.5 Å². The Balaban J connectivity index is 1.79. The van der Waals surface area contributed by atoms with E-state index in [-0.39, 0.29) is 11.4 Å². The Morgan fingerprint density at radius 1 is 0.889 bits per heavy atom. The SMILES string of the molecule is COc1cc(OC)c(/C=C/S(=O)Cc2ccc(OC)c(N=Cc3ccc([N+](=O)[O-])cc3)c2)c(OC)c1. The van der Waals surface area contributed by atoms with E-state index in [1.807, 2.05) is 6.07 Å².